The van der Waals surface area contributed by atoms with Crippen LogP contribution in [0.15, 0.2) is 48.5 Å². The van der Waals surface area contributed by atoms with Crippen molar-refractivity contribution in [3.63, 3.8) is 0 Å². The average molecular weight is 296 g/mol. The standard InChI is InChI=1S/C19H24N2O/c1-13(2)16-8-10-17(11-9-16)21-19(22)15(4)20-18-7-5-6-14(3)12-18/h5-13,15,20H,1-4H3,(H,21,22)/t15-/m1/s1. The lowest BCUT2D eigenvalue weighted by atomic mass is 10.0. The fourth-order valence-electron chi connectivity index (χ4n) is 2.25. The molecular formula is C19H24N2O. The van der Waals surface area contributed by atoms with E-state index in [0.29, 0.717) is 5.92 Å². The summed E-state index contributed by atoms with van der Waals surface area (Å²) in [6, 6.07) is 15.7. The van der Waals surface area contributed by atoms with Crippen molar-refractivity contribution in [1.29, 1.82) is 0 Å². The van der Waals surface area contributed by atoms with Gasteiger partial charge in [-0.15, -0.1) is 0 Å². The predicted octanol–water partition coefficient (Wildman–Crippen LogP) is 4.56. The number of anilines is 2. The second kappa shape index (κ2) is 7.12. The van der Waals surface area contributed by atoms with E-state index in [1.54, 1.807) is 0 Å². The van der Waals surface area contributed by atoms with Crippen LogP contribution in [-0.4, -0.2) is 11.9 Å². The molecule has 2 aromatic carbocycles. The molecule has 1 amide bonds. The van der Waals surface area contributed by atoms with Crippen molar-refractivity contribution in [2.75, 3.05) is 10.6 Å². The van der Waals surface area contributed by atoms with Gasteiger partial charge in [0.2, 0.25) is 5.91 Å². The summed E-state index contributed by atoms with van der Waals surface area (Å²) in [5, 5.41) is 6.16. The Kier molecular flexibility index (Phi) is 5.21. The van der Waals surface area contributed by atoms with Gasteiger partial charge >= 0.3 is 0 Å². The van der Waals surface area contributed by atoms with E-state index in [2.05, 4.69) is 36.6 Å². The van der Waals surface area contributed by atoms with Crippen molar-refractivity contribution in [3.05, 3.63) is 59.7 Å². The van der Waals surface area contributed by atoms with Crippen LogP contribution in [0.2, 0.25) is 0 Å². The minimum Gasteiger partial charge on any atom is -0.374 e. The second-order valence-electron chi connectivity index (χ2n) is 6.00. The normalized spacial score (nSPS) is 12.0. The van der Waals surface area contributed by atoms with Crippen LogP contribution in [0.1, 0.15) is 37.8 Å². The molecule has 0 saturated carbocycles. The van der Waals surface area contributed by atoms with E-state index in [1.165, 1.54) is 11.1 Å². The Bertz CT molecular complexity index is 632. The maximum absolute atomic E-state index is 12.2. The summed E-state index contributed by atoms with van der Waals surface area (Å²) >= 11 is 0. The molecule has 0 aromatic heterocycles. The first-order valence-corrected chi connectivity index (χ1v) is 7.69. The lowest BCUT2D eigenvalue weighted by molar-refractivity contribution is -0.116. The Morgan fingerprint density at radius 1 is 0.955 bits per heavy atom. The Hall–Kier alpha value is -2.29. The van der Waals surface area contributed by atoms with Crippen LogP contribution >= 0.6 is 0 Å². The highest BCUT2D eigenvalue weighted by Gasteiger charge is 2.13. The van der Waals surface area contributed by atoms with Crippen LogP contribution in [0, 0.1) is 6.92 Å². The molecule has 0 spiro atoms. The molecule has 0 aliphatic carbocycles. The lowest BCUT2D eigenvalue weighted by Gasteiger charge is -2.16. The SMILES string of the molecule is Cc1cccc(N[C@H](C)C(=O)Nc2ccc(C(C)C)cc2)c1. The highest BCUT2D eigenvalue weighted by Crippen LogP contribution is 2.17. The molecule has 0 aliphatic rings. The summed E-state index contributed by atoms with van der Waals surface area (Å²) in [5.74, 6) is 0.450. The molecule has 3 heteroatoms. The van der Waals surface area contributed by atoms with Crippen LogP contribution in [-0.2, 0) is 4.79 Å². The van der Waals surface area contributed by atoms with Gasteiger partial charge in [0.25, 0.3) is 0 Å². The third-order valence-electron chi connectivity index (χ3n) is 3.64. The number of carbonyl (C=O) groups excluding carboxylic acids is 1. The number of carbonyl (C=O) groups is 1. The molecule has 2 rings (SSSR count). The van der Waals surface area contributed by atoms with Gasteiger partial charge in [-0.1, -0.05) is 38.1 Å². The molecule has 0 unspecified atom stereocenters. The molecule has 0 bridgehead atoms. The van der Waals surface area contributed by atoms with Crippen molar-refractivity contribution in [3.8, 4) is 0 Å². The molecular weight excluding hydrogens is 272 g/mol. The van der Waals surface area contributed by atoms with Crippen molar-refractivity contribution >= 4 is 17.3 Å². The molecule has 0 heterocycles. The van der Waals surface area contributed by atoms with E-state index in [1.807, 2.05) is 50.2 Å². The monoisotopic (exact) mass is 296 g/mol. The van der Waals surface area contributed by atoms with Crippen LogP contribution in [0.25, 0.3) is 0 Å². The first-order valence-electron chi connectivity index (χ1n) is 7.69. The van der Waals surface area contributed by atoms with Crippen molar-refractivity contribution in [2.45, 2.75) is 39.7 Å². The van der Waals surface area contributed by atoms with Crippen LogP contribution < -0.4 is 10.6 Å². The van der Waals surface area contributed by atoms with Crippen LogP contribution in [0.4, 0.5) is 11.4 Å². The van der Waals surface area contributed by atoms with Gasteiger partial charge in [-0.3, -0.25) is 4.79 Å². The van der Waals surface area contributed by atoms with Crippen molar-refractivity contribution in [1.82, 2.24) is 0 Å². The molecule has 0 fully saturated rings. The second-order valence-corrected chi connectivity index (χ2v) is 6.00. The Balaban J connectivity index is 1.96. The third-order valence-corrected chi connectivity index (χ3v) is 3.64. The summed E-state index contributed by atoms with van der Waals surface area (Å²) in [4.78, 5) is 12.2. The van der Waals surface area contributed by atoms with E-state index in [4.69, 9.17) is 0 Å². The molecule has 2 N–H and O–H groups in total. The van der Waals surface area contributed by atoms with Crippen LogP contribution in [0.3, 0.4) is 0 Å². The molecule has 0 radical (unpaired) electrons. The summed E-state index contributed by atoms with van der Waals surface area (Å²) in [7, 11) is 0. The Morgan fingerprint density at radius 2 is 1.64 bits per heavy atom. The summed E-state index contributed by atoms with van der Waals surface area (Å²) in [5.41, 5.74) is 4.22. The van der Waals surface area contributed by atoms with Gasteiger partial charge in [0.15, 0.2) is 0 Å². The maximum atomic E-state index is 12.2. The van der Waals surface area contributed by atoms with Gasteiger partial charge in [-0.25, -0.2) is 0 Å². The molecule has 3 nitrogen and oxygen atoms in total. The molecule has 2 aromatic rings. The quantitative estimate of drug-likeness (QED) is 0.849. The molecule has 22 heavy (non-hydrogen) atoms. The number of benzene rings is 2. The Morgan fingerprint density at radius 3 is 2.23 bits per heavy atom. The fourth-order valence-corrected chi connectivity index (χ4v) is 2.25. The van der Waals surface area contributed by atoms with E-state index in [9.17, 15) is 4.79 Å². The number of amides is 1. The van der Waals surface area contributed by atoms with Crippen molar-refractivity contribution < 1.29 is 4.79 Å². The number of rotatable bonds is 5. The zero-order valence-electron chi connectivity index (χ0n) is 13.7. The largest absolute Gasteiger partial charge is 0.374 e. The highest BCUT2D eigenvalue weighted by atomic mass is 16.2. The smallest absolute Gasteiger partial charge is 0.246 e. The van der Waals surface area contributed by atoms with Gasteiger partial charge in [0, 0.05) is 11.4 Å². The van der Waals surface area contributed by atoms with Gasteiger partial charge in [0.05, 0.1) is 0 Å². The summed E-state index contributed by atoms with van der Waals surface area (Å²) < 4.78 is 0. The maximum Gasteiger partial charge on any atom is 0.246 e. The molecule has 116 valence electrons. The summed E-state index contributed by atoms with van der Waals surface area (Å²) in [6.07, 6.45) is 0. The number of hydrogen-bond acceptors (Lipinski definition) is 2. The first kappa shape index (κ1) is 16.1. The zero-order chi connectivity index (χ0) is 16.1. The van der Waals surface area contributed by atoms with Crippen molar-refractivity contribution in [2.24, 2.45) is 0 Å². The third kappa shape index (κ3) is 4.35. The minimum atomic E-state index is -0.299. The minimum absolute atomic E-state index is 0.0428. The molecule has 0 aliphatic heterocycles. The number of nitrogens with one attached hydrogen (secondary N) is 2. The zero-order valence-corrected chi connectivity index (χ0v) is 13.7. The van der Waals surface area contributed by atoms with E-state index >= 15 is 0 Å². The van der Waals surface area contributed by atoms with E-state index < -0.39 is 0 Å². The number of hydrogen-bond donors (Lipinski definition) is 2. The molecule has 0 saturated heterocycles. The topological polar surface area (TPSA) is 41.1 Å². The van der Waals surface area contributed by atoms with E-state index in [-0.39, 0.29) is 11.9 Å². The molecule has 1 atom stereocenters. The predicted molar refractivity (Wildman–Crippen MR) is 93.4 cm³/mol. The first-order chi connectivity index (χ1) is 10.5. The van der Waals surface area contributed by atoms with Gasteiger partial charge in [0.1, 0.15) is 6.04 Å². The number of aryl methyl sites for hydroxylation is 1. The average Bonchev–Trinajstić information content (AvgIpc) is 2.47. The van der Waals surface area contributed by atoms with Gasteiger partial charge in [-0.2, -0.15) is 0 Å². The van der Waals surface area contributed by atoms with E-state index in [0.717, 1.165) is 11.4 Å². The van der Waals surface area contributed by atoms with Gasteiger partial charge < -0.3 is 10.6 Å². The Labute approximate surface area is 132 Å². The highest BCUT2D eigenvalue weighted by molar-refractivity contribution is 5.96. The fraction of sp³-hybridized carbons (Fsp3) is 0.316. The van der Waals surface area contributed by atoms with Crippen LogP contribution in [0.5, 0.6) is 0 Å². The summed E-state index contributed by atoms with van der Waals surface area (Å²) in [6.45, 7) is 8.20. The lowest BCUT2D eigenvalue weighted by Crippen LogP contribution is -2.31. The van der Waals surface area contributed by atoms with Gasteiger partial charge in [-0.05, 0) is 55.2 Å².